The first-order valence-electron chi connectivity index (χ1n) is 11.7. The van der Waals surface area contributed by atoms with E-state index in [-0.39, 0.29) is 23.6 Å². The van der Waals surface area contributed by atoms with Gasteiger partial charge in [-0.25, -0.2) is 9.18 Å². The molecule has 10 heteroatoms. The summed E-state index contributed by atoms with van der Waals surface area (Å²) in [5, 5.41) is 3.11. The van der Waals surface area contributed by atoms with Crippen molar-refractivity contribution in [2.75, 3.05) is 26.2 Å². The molecule has 1 aliphatic heterocycles. The van der Waals surface area contributed by atoms with Gasteiger partial charge in [-0.15, -0.1) is 0 Å². The molecule has 2 aromatic rings. The van der Waals surface area contributed by atoms with Gasteiger partial charge in [0.05, 0.1) is 5.39 Å². The zero-order chi connectivity index (χ0) is 25.9. The SMILES string of the molecule is Cc1ccc(F)c2c(=O)[nH]c(CCC(=O)N3CCN(C(=O)[C@H](C)NC(=O)OC(C)(C)C)CC3)cc12. The summed E-state index contributed by atoms with van der Waals surface area (Å²) < 4.78 is 19.2. The average Bonchev–Trinajstić information content (AvgIpc) is 2.78. The number of benzene rings is 1. The highest BCUT2D eigenvalue weighted by molar-refractivity contribution is 5.86. The Balaban J connectivity index is 1.52. The summed E-state index contributed by atoms with van der Waals surface area (Å²) in [6, 6.07) is 3.87. The van der Waals surface area contributed by atoms with E-state index >= 15 is 0 Å². The average molecular weight is 489 g/mol. The van der Waals surface area contributed by atoms with Gasteiger partial charge in [-0.2, -0.15) is 0 Å². The fourth-order valence-corrected chi connectivity index (χ4v) is 4.06. The van der Waals surface area contributed by atoms with Crippen molar-refractivity contribution in [1.82, 2.24) is 20.1 Å². The van der Waals surface area contributed by atoms with Gasteiger partial charge in [-0.05, 0) is 64.1 Å². The molecule has 0 spiro atoms. The van der Waals surface area contributed by atoms with Crippen LogP contribution in [-0.2, 0) is 20.7 Å². The molecule has 1 aromatic carbocycles. The Morgan fingerprint density at radius 3 is 2.40 bits per heavy atom. The van der Waals surface area contributed by atoms with E-state index in [4.69, 9.17) is 4.74 Å². The molecule has 0 bridgehead atoms. The van der Waals surface area contributed by atoms with Crippen molar-refractivity contribution in [2.24, 2.45) is 0 Å². The monoisotopic (exact) mass is 488 g/mol. The van der Waals surface area contributed by atoms with E-state index in [0.29, 0.717) is 43.7 Å². The van der Waals surface area contributed by atoms with Crippen LogP contribution < -0.4 is 10.9 Å². The number of alkyl carbamates (subject to hydrolysis) is 1. The summed E-state index contributed by atoms with van der Waals surface area (Å²) in [7, 11) is 0. The first-order chi connectivity index (χ1) is 16.4. The number of H-pyrrole nitrogens is 1. The molecule has 2 heterocycles. The second kappa shape index (κ2) is 10.5. The van der Waals surface area contributed by atoms with Crippen LogP contribution in [0, 0.1) is 12.7 Å². The molecule has 0 radical (unpaired) electrons. The van der Waals surface area contributed by atoms with Crippen LogP contribution >= 0.6 is 0 Å². The molecule has 0 unspecified atom stereocenters. The Morgan fingerprint density at radius 2 is 1.77 bits per heavy atom. The fourth-order valence-electron chi connectivity index (χ4n) is 4.06. The van der Waals surface area contributed by atoms with Crippen molar-refractivity contribution in [3.63, 3.8) is 0 Å². The smallest absolute Gasteiger partial charge is 0.408 e. The second-order valence-electron chi connectivity index (χ2n) is 9.85. The number of carbonyl (C=O) groups is 3. The van der Waals surface area contributed by atoms with Crippen molar-refractivity contribution in [3.8, 4) is 0 Å². The van der Waals surface area contributed by atoms with Gasteiger partial charge in [-0.1, -0.05) is 6.07 Å². The number of aryl methyl sites for hydroxylation is 2. The van der Waals surface area contributed by atoms with Crippen LogP contribution in [0.3, 0.4) is 0 Å². The van der Waals surface area contributed by atoms with Crippen molar-refractivity contribution in [3.05, 3.63) is 45.6 Å². The first kappa shape index (κ1) is 26.2. The lowest BCUT2D eigenvalue weighted by Gasteiger charge is -2.36. The number of pyridine rings is 1. The number of aromatic nitrogens is 1. The van der Waals surface area contributed by atoms with Gasteiger partial charge in [0.15, 0.2) is 0 Å². The number of fused-ring (bicyclic) bond motifs is 1. The minimum absolute atomic E-state index is 0.0243. The number of rotatable bonds is 5. The van der Waals surface area contributed by atoms with Gasteiger partial charge in [-0.3, -0.25) is 14.4 Å². The quantitative estimate of drug-likeness (QED) is 0.672. The van der Waals surface area contributed by atoms with Gasteiger partial charge in [0, 0.05) is 38.3 Å². The lowest BCUT2D eigenvalue weighted by Crippen LogP contribution is -2.55. The van der Waals surface area contributed by atoms with E-state index in [0.717, 1.165) is 5.56 Å². The molecular weight excluding hydrogens is 455 g/mol. The standard InChI is InChI=1S/C25H33FN4O5/c1-15-6-8-19(26)21-18(15)14-17(28-22(21)32)7-9-20(31)29-10-12-30(13-11-29)23(33)16(2)27-24(34)35-25(3,4)5/h6,8,14,16H,7,9-13H2,1-5H3,(H,27,34)(H,28,32)/t16-/m0/s1. The van der Waals surface area contributed by atoms with Crippen molar-refractivity contribution in [2.45, 2.75) is 59.1 Å². The summed E-state index contributed by atoms with van der Waals surface area (Å²) in [4.78, 5) is 55.6. The number of hydrogen-bond acceptors (Lipinski definition) is 5. The molecule has 1 aromatic heterocycles. The lowest BCUT2D eigenvalue weighted by molar-refractivity contribution is -0.140. The Hall–Kier alpha value is -3.43. The van der Waals surface area contributed by atoms with Crippen molar-refractivity contribution in [1.29, 1.82) is 0 Å². The topological polar surface area (TPSA) is 112 Å². The van der Waals surface area contributed by atoms with Gasteiger partial charge in [0.1, 0.15) is 17.5 Å². The Bertz CT molecular complexity index is 1180. The van der Waals surface area contributed by atoms with Crippen LogP contribution in [0.25, 0.3) is 10.8 Å². The number of nitrogens with one attached hydrogen (secondary N) is 2. The third-order valence-electron chi connectivity index (χ3n) is 5.89. The molecule has 2 N–H and O–H groups in total. The van der Waals surface area contributed by atoms with Gasteiger partial charge < -0.3 is 24.8 Å². The summed E-state index contributed by atoms with van der Waals surface area (Å²) in [6.07, 6.45) is -0.159. The Morgan fingerprint density at radius 1 is 1.14 bits per heavy atom. The number of ether oxygens (including phenoxy) is 1. The highest BCUT2D eigenvalue weighted by Crippen LogP contribution is 2.19. The lowest BCUT2D eigenvalue weighted by atomic mass is 10.0. The molecule has 190 valence electrons. The predicted molar refractivity (Wildman–Crippen MR) is 130 cm³/mol. The van der Waals surface area contributed by atoms with Crippen LogP contribution in [0.4, 0.5) is 9.18 Å². The molecule has 1 saturated heterocycles. The van der Waals surface area contributed by atoms with E-state index in [1.54, 1.807) is 56.6 Å². The predicted octanol–water partition coefficient (Wildman–Crippen LogP) is 2.49. The Labute approximate surface area is 203 Å². The van der Waals surface area contributed by atoms with Crippen molar-refractivity contribution >= 4 is 28.7 Å². The molecule has 9 nitrogen and oxygen atoms in total. The van der Waals surface area contributed by atoms with Crippen LogP contribution in [0.5, 0.6) is 0 Å². The number of halogens is 1. The molecule has 0 aliphatic carbocycles. The maximum atomic E-state index is 14.0. The number of nitrogens with zero attached hydrogens (tertiary/aromatic N) is 2. The van der Waals surface area contributed by atoms with Gasteiger partial charge in [0.25, 0.3) is 5.56 Å². The number of carbonyl (C=O) groups excluding carboxylic acids is 3. The number of hydrogen-bond donors (Lipinski definition) is 2. The maximum Gasteiger partial charge on any atom is 0.408 e. The molecule has 3 rings (SSSR count). The van der Waals surface area contributed by atoms with Gasteiger partial charge >= 0.3 is 6.09 Å². The van der Waals surface area contributed by atoms with Crippen LogP contribution in [0.2, 0.25) is 0 Å². The zero-order valence-corrected chi connectivity index (χ0v) is 20.9. The van der Waals surface area contributed by atoms with E-state index < -0.39 is 29.1 Å². The minimum Gasteiger partial charge on any atom is -0.444 e. The van der Waals surface area contributed by atoms with Crippen LogP contribution in [-0.4, -0.2) is 70.5 Å². The van der Waals surface area contributed by atoms with E-state index in [9.17, 15) is 23.6 Å². The summed E-state index contributed by atoms with van der Waals surface area (Å²) in [5.41, 5.74) is 0.192. The zero-order valence-electron chi connectivity index (χ0n) is 20.9. The highest BCUT2D eigenvalue weighted by atomic mass is 19.1. The largest absolute Gasteiger partial charge is 0.444 e. The fraction of sp³-hybridized carbons (Fsp3) is 0.520. The van der Waals surface area contributed by atoms with Gasteiger partial charge in [0.2, 0.25) is 11.8 Å². The normalized spacial score (nSPS) is 15.1. The first-order valence-corrected chi connectivity index (χ1v) is 11.7. The third kappa shape index (κ3) is 6.58. The van der Waals surface area contributed by atoms with Crippen LogP contribution in [0.1, 0.15) is 45.4 Å². The van der Waals surface area contributed by atoms with E-state index in [1.165, 1.54) is 6.07 Å². The summed E-state index contributed by atoms with van der Waals surface area (Å²) >= 11 is 0. The molecule has 1 aliphatic rings. The van der Waals surface area contributed by atoms with E-state index in [2.05, 4.69) is 10.3 Å². The molecule has 3 amide bonds. The third-order valence-corrected chi connectivity index (χ3v) is 5.89. The molecule has 1 fully saturated rings. The molecule has 1 atom stereocenters. The minimum atomic E-state index is -0.745. The second-order valence-corrected chi connectivity index (χ2v) is 9.85. The number of amides is 3. The number of aromatic amines is 1. The highest BCUT2D eigenvalue weighted by Gasteiger charge is 2.28. The maximum absolute atomic E-state index is 14.0. The molecular formula is C25H33FN4O5. The Kier molecular flexibility index (Phi) is 7.82. The summed E-state index contributed by atoms with van der Waals surface area (Å²) in [6.45, 7) is 10.1. The molecule has 35 heavy (non-hydrogen) atoms. The summed E-state index contributed by atoms with van der Waals surface area (Å²) in [5.74, 6) is -0.897. The van der Waals surface area contributed by atoms with E-state index in [1.807, 2.05) is 0 Å². The van der Waals surface area contributed by atoms with Crippen molar-refractivity contribution < 1.29 is 23.5 Å². The molecule has 0 saturated carbocycles. The number of piperazine rings is 1. The van der Waals surface area contributed by atoms with Crippen LogP contribution in [0.15, 0.2) is 23.0 Å².